The van der Waals surface area contributed by atoms with E-state index in [1.54, 1.807) is 12.5 Å². The van der Waals surface area contributed by atoms with Crippen molar-refractivity contribution in [3.8, 4) is 17.4 Å². The molecule has 2 N–H and O–H groups in total. The Morgan fingerprint density at radius 2 is 2.08 bits per heavy atom. The molecule has 3 aromatic rings. The van der Waals surface area contributed by atoms with Crippen LogP contribution in [0.3, 0.4) is 0 Å². The lowest BCUT2D eigenvalue weighted by Gasteiger charge is -2.49. The molecule has 0 spiro atoms. The van der Waals surface area contributed by atoms with E-state index in [0.29, 0.717) is 16.9 Å². The van der Waals surface area contributed by atoms with Crippen LogP contribution >= 0.6 is 0 Å². The molecule has 10 heteroatoms. The summed E-state index contributed by atoms with van der Waals surface area (Å²) in [6.45, 7) is 8.82. The Kier molecular flexibility index (Phi) is 7.38. The summed E-state index contributed by atoms with van der Waals surface area (Å²) >= 11 is 0. The Labute approximate surface area is 217 Å². The lowest BCUT2D eigenvalue weighted by Crippen LogP contribution is -2.68. The molecule has 1 aromatic carbocycles. The van der Waals surface area contributed by atoms with Gasteiger partial charge < -0.3 is 15.2 Å². The highest BCUT2D eigenvalue weighted by molar-refractivity contribution is 5.75. The van der Waals surface area contributed by atoms with Crippen molar-refractivity contribution < 1.29 is 14.3 Å². The van der Waals surface area contributed by atoms with Gasteiger partial charge in [0, 0.05) is 37.1 Å². The van der Waals surface area contributed by atoms with Gasteiger partial charge in [-0.1, -0.05) is 19.4 Å². The maximum atomic E-state index is 12.3. The van der Waals surface area contributed by atoms with Crippen molar-refractivity contribution in [1.29, 1.82) is 0 Å². The average Bonchev–Trinajstić information content (AvgIpc) is 3.58. The van der Waals surface area contributed by atoms with E-state index in [4.69, 9.17) is 20.2 Å². The third kappa shape index (κ3) is 5.45. The number of primary amides is 1. The molecule has 5 rings (SSSR count). The van der Waals surface area contributed by atoms with E-state index in [2.05, 4.69) is 40.0 Å². The van der Waals surface area contributed by atoms with E-state index < -0.39 is 0 Å². The Balaban J connectivity index is 1.53. The first-order valence-electron chi connectivity index (χ1n) is 13.1. The number of carbonyl (C=O) groups is 1. The molecule has 196 valence electrons. The summed E-state index contributed by atoms with van der Waals surface area (Å²) in [5.41, 5.74) is 7.87. The predicted molar refractivity (Wildman–Crippen MR) is 141 cm³/mol. The average molecular weight is 507 g/mol. The third-order valence-corrected chi connectivity index (χ3v) is 7.50. The molecule has 1 amide bonds. The number of nitrogens with zero attached hydrogens (tertiary/aromatic N) is 6. The van der Waals surface area contributed by atoms with E-state index in [1.165, 1.54) is 0 Å². The van der Waals surface area contributed by atoms with Gasteiger partial charge in [-0.25, -0.2) is 9.97 Å². The minimum absolute atomic E-state index is 0.0120. The van der Waals surface area contributed by atoms with Crippen LogP contribution in [-0.4, -0.2) is 75.9 Å². The number of imidazole rings is 1. The van der Waals surface area contributed by atoms with Crippen molar-refractivity contribution in [3.63, 3.8) is 0 Å². The topological polar surface area (TPSA) is 108 Å². The van der Waals surface area contributed by atoms with Gasteiger partial charge in [0.2, 0.25) is 24.5 Å². The molecule has 2 aliphatic rings. The summed E-state index contributed by atoms with van der Waals surface area (Å²) in [4.78, 5) is 28.7. The first-order chi connectivity index (χ1) is 18.0. The van der Waals surface area contributed by atoms with Crippen molar-refractivity contribution in [3.05, 3.63) is 54.2 Å². The number of aryl methyl sites for hydroxylation is 1. The molecule has 1 saturated heterocycles. The minimum Gasteiger partial charge on any atom is -0.454 e. The molecule has 2 aromatic heterocycles. The molecular formula is C27H36N7O3+. The van der Waals surface area contributed by atoms with Crippen LogP contribution in [-0.2, 0) is 11.2 Å². The Morgan fingerprint density at radius 3 is 2.86 bits per heavy atom. The molecule has 4 heterocycles. The molecule has 37 heavy (non-hydrogen) atoms. The summed E-state index contributed by atoms with van der Waals surface area (Å²) in [6.07, 6.45) is 8.64. The SMILES string of the molecule is CCCCN1CC[N+](CCc2ccc3c(c2)OCO3)(c2cc(C)nc(-n3ccnc3)n2)C(CC(N)=O)C1. The fraction of sp³-hybridized carbons (Fsp3) is 0.481. The van der Waals surface area contributed by atoms with Gasteiger partial charge in [0.1, 0.15) is 12.4 Å². The van der Waals surface area contributed by atoms with Gasteiger partial charge in [0.25, 0.3) is 0 Å². The van der Waals surface area contributed by atoms with Crippen LogP contribution in [0, 0.1) is 6.92 Å². The number of hydrogen-bond donors (Lipinski definition) is 1. The molecule has 0 radical (unpaired) electrons. The fourth-order valence-corrected chi connectivity index (χ4v) is 5.50. The number of ether oxygens (including phenoxy) is 2. The number of nitrogens with two attached hydrogens (primary N) is 1. The van der Waals surface area contributed by atoms with Crippen LogP contribution in [0.15, 0.2) is 43.0 Å². The molecule has 0 bridgehead atoms. The van der Waals surface area contributed by atoms with Gasteiger partial charge in [-0.3, -0.25) is 18.7 Å². The quantitative estimate of drug-likeness (QED) is 0.421. The zero-order valence-corrected chi connectivity index (χ0v) is 21.7. The maximum Gasteiger partial charge on any atom is 0.240 e. The summed E-state index contributed by atoms with van der Waals surface area (Å²) in [5.74, 6) is 2.77. The monoisotopic (exact) mass is 506 g/mol. The van der Waals surface area contributed by atoms with E-state index in [-0.39, 0.29) is 18.7 Å². The van der Waals surface area contributed by atoms with Crippen molar-refractivity contribution in [2.24, 2.45) is 5.73 Å². The number of rotatable bonds is 10. The highest BCUT2D eigenvalue weighted by atomic mass is 16.7. The van der Waals surface area contributed by atoms with Crippen LogP contribution in [0.25, 0.3) is 5.95 Å². The number of unbranched alkanes of at least 4 members (excludes halogenated alkanes) is 1. The highest BCUT2D eigenvalue weighted by Crippen LogP contribution is 2.35. The summed E-state index contributed by atoms with van der Waals surface area (Å²) in [7, 11) is 0. The number of carbonyl (C=O) groups excluding carboxylic acids is 1. The molecule has 0 aliphatic carbocycles. The molecule has 2 unspecified atom stereocenters. The zero-order valence-electron chi connectivity index (χ0n) is 21.7. The Morgan fingerprint density at radius 1 is 1.22 bits per heavy atom. The number of hydrogen-bond acceptors (Lipinski definition) is 7. The molecule has 2 atom stereocenters. The van der Waals surface area contributed by atoms with Crippen molar-refractivity contribution in [1.82, 2.24) is 28.9 Å². The number of quaternary nitrogens is 1. The fourth-order valence-electron chi connectivity index (χ4n) is 5.50. The largest absolute Gasteiger partial charge is 0.454 e. The predicted octanol–water partition coefficient (Wildman–Crippen LogP) is 2.61. The van der Waals surface area contributed by atoms with Crippen LogP contribution in [0.1, 0.15) is 37.4 Å². The first-order valence-corrected chi connectivity index (χ1v) is 13.1. The molecule has 1 fully saturated rings. The second-order valence-electron chi connectivity index (χ2n) is 10.0. The first kappa shape index (κ1) is 25.2. The normalized spacial score (nSPS) is 21.3. The second kappa shape index (κ2) is 10.9. The van der Waals surface area contributed by atoms with E-state index in [1.807, 2.05) is 23.8 Å². The lowest BCUT2D eigenvalue weighted by molar-refractivity contribution is -0.119. The summed E-state index contributed by atoms with van der Waals surface area (Å²) < 4.78 is 13.5. The van der Waals surface area contributed by atoms with Crippen molar-refractivity contribution in [2.75, 3.05) is 39.5 Å². The molecular weight excluding hydrogens is 470 g/mol. The number of benzene rings is 1. The van der Waals surface area contributed by atoms with Gasteiger partial charge in [-0.2, -0.15) is 4.98 Å². The Hall–Kier alpha value is -3.50. The van der Waals surface area contributed by atoms with Crippen LogP contribution < -0.4 is 19.7 Å². The summed E-state index contributed by atoms with van der Waals surface area (Å²) in [6, 6.07) is 8.17. The van der Waals surface area contributed by atoms with Gasteiger partial charge >= 0.3 is 0 Å². The van der Waals surface area contributed by atoms with Gasteiger partial charge in [0.05, 0.1) is 26.1 Å². The van der Waals surface area contributed by atoms with E-state index in [9.17, 15) is 4.79 Å². The van der Waals surface area contributed by atoms with Crippen molar-refractivity contribution >= 4 is 11.7 Å². The minimum atomic E-state index is -0.284. The number of amides is 1. The molecule has 2 aliphatic heterocycles. The lowest BCUT2D eigenvalue weighted by atomic mass is 10.00. The molecule has 10 nitrogen and oxygen atoms in total. The van der Waals surface area contributed by atoms with Gasteiger partial charge in [-0.05, 0) is 37.6 Å². The number of aromatic nitrogens is 4. The van der Waals surface area contributed by atoms with E-state index >= 15 is 0 Å². The van der Waals surface area contributed by atoms with Gasteiger partial charge in [-0.15, -0.1) is 0 Å². The number of piperazine rings is 1. The van der Waals surface area contributed by atoms with Gasteiger partial charge in [0.15, 0.2) is 11.5 Å². The van der Waals surface area contributed by atoms with Crippen LogP contribution in [0.5, 0.6) is 11.5 Å². The third-order valence-electron chi connectivity index (χ3n) is 7.50. The van der Waals surface area contributed by atoms with Crippen LogP contribution in [0.4, 0.5) is 5.82 Å². The van der Waals surface area contributed by atoms with Crippen LogP contribution in [0.2, 0.25) is 0 Å². The van der Waals surface area contributed by atoms with E-state index in [0.717, 1.165) is 80.6 Å². The maximum absolute atomic E-state index is 12.3. The number of fused-ring (bicyclic) bond motifs is 1. The highest BCUT2D eigenvalue weighted by Gasteiger charge is 2.45. The smallest absolute Gasteiger partial charge is 0.240 e. The zero-order chi connectivity index (χ0) is 25.8. The summed E-state index contributed by atoms with van der Waals surface area (Å²) in [5, 5.41) is 0. The standard InChI is InChI=1S/C27H35N7O3/c1-3-4-9-32-11-13-34(22(17-32)16-25(28)35,12-7-21-5-6-23-24(15-21)37-19-36-23)26-14-20(2)30-27(31-26)33-10-8-29-18-33/h5-6,8,10,14-15,18,22H,3-4,7,9,11-13,16-17,19H2,1-2H3,(H-,28,35)/p+1. The molecule has 0 saturated carbocycles. The Bertz CT molecular complexity index is 1230. The second-order valence-corrected chi connectivity index (χ2v) is 10.0. The van der Waals surface area contributed by atoms with Crippen molar-refractivity contribution in [2.45, 2.75) is 45.6 Å².